The summed E-state index contributed by atoms with van der Waals surface area (Å²) in [4.78, 5) is 0. The number of benzene rings is 2. The molecule has 2 rings (SSSR count). The van der Waals surface area contributed by atoms with E-state index in [1.807, 2.05) is 12.1 Å². The van der Waals surface area contributed by atoms with Gasteiger partial charge in [0.1, 0.15) is 12.3 Å². The lowest BCUT2D eigenvalue weighted by atomic mass is 9.96. The number of alkyl halides is 2. The number of hydrogen-bond donors (Lipinski definition) is 3. The van der Waals surface area contributed by atoms with E-state index in [0.717, 1.165) is 11.1 Å². The summed E-state index contributed by atoms with van der Waals surface area (Å²) in [7, 11) is 0. The average molecular weight is 364 g/mol. The summed E-state index contributed by atoms with van der Waals surface area (Å²) in [6, 6.07) is 17.8. The Morgan fingerprint density at radius 2 is 0.962 bits per heavy atom. The summed E-state index contributed by atoms with van der Waals surface area (Å²) < 4.78 is 28.3. The molecule has 0 bridgehead atoms. The predicted molar refractivity (Wildman–Crippen MR) is 97.3 cm³/mol. The van der Waals surface area contributed by atoms with Gasteiger partial charge in [-0.05, 0) is 11.1 Å². The Kier molecular flexibility index (Phi) is 8.16. The highest BCUT2D eigenvalue weighted by molar-refractivity contribution is 5.16. The molecule has 0 heterocycles. The molecule has 0 spiro atoms. The lowest BCUT2D eigenvalue weighted by Crippen LogP contribution is -2.33. The SMILES string of the molecule is OC(C[C@@H](O)[C@@H](F)Cc1ccccc1)C[C@@H](O)[C@@H](F)Cc1ccccc1. The number of halogens is 2. The third-order valence-corrected chi connectivity index (χ3v) is 4.41. The standard InChI is InChI=1S/C21H26F2O3/c22-18(11-15-7-3-1-4-8-15)20(25)13-17(24)14-21(26)19(23)12-16-9-5-2-6-10-16/h1-10,17-21,24-26H,11-14H2/t18-,19-,20+,21+/m0/s1. The zero-order valence-electron chi connectivity index (χ0n) is 14.6. The zero-order chi connectivity index (χ0) is 18.9. The third-order valence-electron chi connectivity index (χ3n) is 4.41. The van der Waals surface area contributed by atoms with Gasteiger partial charge in [0.25, 0.3) is 0 Å². The van der Waals surface area contributed by atoms with Crippen LogP contribution in [-0.2, 0) is 12.8 Å². The van der Waals surface area contributed by atoms with Crippen LogP contribution in [0.15, 0.2) is 60.7 Å². The Balaban J connectivity index is 1.76. The molecule has 2 aromatic carbocycles. The van der Waals surface area contributed by atoms with Crippen molar-refractivity contribution >= 4 is 0 Å². The van der Waals surface area contributed by atoms with Crippen molar-refractivity contribution in [2.75, 3.05) is 0 Å². The third kappa shape index (κ3) is 6.83. The van der Waals surface area contributed by atoms with E-state index in [9.17, 15) is 24.1 Å². The Labute approximate surface area is 152 Å². The Morgan fingerprint density at radius 3 is 1.31 bits per heavy atom. The van der Waals surface area contributed by atoms with Crippen molar-refractivity contribution in [2.24, 2.45) is 0 Å². The number of rotatable bonds is 10. The predicted octanol–water partition coefficient (Wildman–Crippen LogP) is 3.01. The highest BCUT2D eigenvalue weighted by Crippen LogP contribution is 2.18. The van der Waals surface area contributed by atoms with Gasteiger partial charge in [0, 0.05) is 25.7 Å². The van der Waals surface area contributed by atoms with Crippen molar-refractivity contribution < 1.29 is 24.1 Å². The normalized spacial score (nSPS) is 16.2. The second kappa shape index (κ2) is 10.4. The fourth-order valence-electron chi connectivity index (χ4n) is 2.90. The van der Waals surface area contributed by atoms with Crippen LogP contribution < -0.4 is 0 Å². The van der Waals surface area contributed by atoms with Gasteiger partial charge in [0.05, 0.1) is 18.3 Å². The van der Waals surface area contributed by atoms with Gasteiger partial charge in [-0.3, -0.25) is 0 Å². The van der Waals surface area contributed by atoms with Crippen LogP contribution in [0.5, 0.6) is 0 Å². The van der Waals surface area contributed by atoms with E-state index in [4.69, 9.17) is 0 Å². The summed E-state index contributed by atoms with van der Waals surface area (Å²) in [5.41, 5.74) is 1.50. The molecule has 4 atom stereocenters. The smallest absolute Gasteiger partial charge is 0.130 e. The maximum absolute atomic E-state index is 14.1. The fourth-order valence-corrected chi connectivity index (χ4v) is 2.90. The molecule has 142 valence electrons. The van der Waals surface area contributed by atoms with Gasteiger partial charge in [-0.2, -0.15) is 0 Å². The molecule has 3 nitrogen and oxygen atoms in total. The average Bonchev–Trinajstić information content (AvgIpc) is 2.63. The minimum Gasteiger partial charge on any atom is -0.393 e. The van der Waals surface area contributed by atoms with Gasteiger partial charge in [-0.25, -0.2) is 8.78 Å². The van der Waals surface area contributed by atoms with Crippen LogP contribution in [-0.4, -0.2) is 46.0 Å². The molecule has 2 aromatic rings. The quantitative estimate of drug-likeness (QED) is 0.607. The molecule has 0 radical (unpaired) electrons. The second-order valence-electron chi connectivity index (χ2n) is 6.67. The molecule has 0 saturated carbocycles. The van der Waals surface area contributed by atoms with Crippen LogP contribution >= 0.6 is 0 Å². The highest BCUT2D eigenvalue weighted by atomic mass is 19.1. The summed E-state index contributed by atoms with van der Waals surface area (Å²) in [6.07, 6.45) is -7.40. The van der Waals surface area contributed by atoms with Crippen molar-refractivity contribution in [3.05, 3.63) is 71.8 Å². The molecule has 3 N–H and O–H groups in total. The lowest BCUT2D eigenvalue weighted by molar-refractivity contribution is -0.00924. The number of aliphatic hydroxyl groups is 3. The van der Waals surface area contributed by atoms with Crippen molar-refractivity contribution in [3.8, 4) is 0 Å². The lowest BCUT2D eigenvalue weighted by Gasteiger charge is -2.22. The van der Waals surface area contributed by atoms with Gasteiger partial charge in [0.2, 0.25) is 0 Å². The summed E-state index contributed by atoms with van der Waals surface area (Å²) >= 11 is 0. The molecule has 0 aliphatic rings. The molecule has 26 heavy (non-hydrogen) atoms. The summed E-state index contributed by atoms with van der Waals surface area (Å²) in [5, 5.41) is 29.8. The molecule has 0 fully saturated rings. The van der Waals surface area contributed by atoms with Gasteiger partial charge < -0.3 is 15.3 Å². The molecule has 0 aliphatic heterocycles. The molecule has 0 aliphatic carbocycles. The van der Waals surface area contributed by atoms with Gasteiger partial charge in [0.15, 0.2) is 0 Å². The first-order chi connectivity index (χ1) is 12.5. The maximum Gasteiger partial charge on any atom is 0.130 e. The Morgan fingerprint density at radius 1 is 0.615 bits per heavy atom. The molecule has 5 heteroatoms. The van der Waals surface area contributed by atoms with E-state index in [1.165, 1.54) is 0 Å². The van der Waals surface area contributed by atoms with Gasteiger partial charge in [-0.1, -0.05) is 60.7 Å². The molecule has 0 aromatic heterocycles. The van der Waals surface area contributed by atoms with Gasteiger partial charge >= 0.3 is 0 Å². The van der Waals surface area contributed by atoms with Crippen LogP contribution in [0.4, 0.5) is 8.78 Å². The monoisotopic (exact) mass is 364 g/mol. The van der Waals surface area contributed by atoms with Crippen molar-refractivity contribution in [1.82, 2.24) is 0 Å². The van der Waals surface area contributed by atoms with Gasteiger partial charge in [-0.15, -0.1) is 0 Å². The van der Waals surface area contributed by atoms with Crippen molar-refractivity contribution in [2.45, 2.75) is 56.3 Å². The zero-order valence-corrected chi connectivity index (χ0v) is 14.6. The minimum atomic E-state index is -1.53. The molecule has 0 amide bonds. The Hall–Kier alpha value is -1.82. The van der Waals surface area contributed by atoms with Crippen molar-refractivity contribution in [3.63, 3.8) is 0 Å². The highest BCUT2D eigenvalue weighted by Gasteiger charge is 2.26. The number of aliphatic hydroxyl groups excluding tert-OH is 3. The molecule has 0 saturated heterocycles. The first-order valence-electron chi connectivity index (χ1n) is 8.86. The molecular weight excluding hydrogens is 338 g/mol. The first-order valence-corrected chi connectivity index (χ1v) is 8.86. The summed E-state index contributed by atoms with van der Waals surface area (Å²) in [6.45, 7) is 0. The van der Waals surface area contributed by atoms with Crippen molar-refractivity contribution in [1.29, 1.82) is 0 Å². The second-order valence-corrected chi connectivity index (χ2v) is 6.67. The minimum absolute atomic E-state index is 0.0387. The van der Waals surface area contributed by atoms with Crippen LogP contribution in [0.2, 0.25) is 0 Å². The largest absolute Gasteiger partial charge is 0.393 e. The van der Waals surface area contributed by atoms with Crippen LogP contribution in [0, 0.1) is 0 Å². The van der Waals surface area contributed by atoms with E-state index in [-0.39, 0.29) is 25.7 Å². The van der Waals surface area contributed by atoms with E-state index in [2.05, 4.69) is 0 Å². The van der Waals surface area contributed by atoms with Crippen LogP contribution in [0.25, 0.3) is 0 Å². The van der Waals surface area contributed by atoms with Crippen LogP contribution in [0.1, 0.15) is 24.0 Å². The Bertz CT molecular complexity index is 568. The first kappa shape index (κ1) is 20.5. The van der Waals surface area contributed by atoms with E-state index >= 15 is 0 Å². The molecule has 0 unspecified atom stereocenters. The summed E-state index contributed by atoms with van der Waals surface area (Å²) in [5.74, 6) is 0. The van der Waals surface area contributed by atoms with E-state index in [0.29, 0.717) is 0 Å². The molecular formula is C21H26F2O3. The maximum atomic E-state index is 14.1. The number of hydrogen-bond acceptors (Lipinski definition) is 3. The van der Waals surface area contributed by atoms with E-state index < -0.39 is 30.7 Å². The fraction of sp³-hybridized carbons (Fsp3) is 0.429. The topological polar surface area (TPSA) is 60.7 Å². The van der Waals surface area contributed by atoms with E-state index in [1.54, 1.807) is 48.5 Å². The van der Waals surface area contributed by atoms with Crippen LogP contribution in [0.3, 0.4) is 0 Å².